The van der Waals surface area contributed by atoms with Gasteiger partial charge in [0, 0.05) is 12.1 Å². The molecule has 2 aliphatic rings. The van der Waals surface area contributed by atoms with E-state index in [1.54, 1.807) is 12.1 Å². The molecule has 5 rings (SSSR count). The molecule has 27 heavy (non-hydrogen) atoms. The Balaban J connectivity index is 1.48. The molecule has 6 nitrogen and oxygen atoms in total. The number of H-pyrrole nitrogens is 1. The van der Waals surface area contributed by atoms with Crippen molar-refractivity contribution in [3.63, 3.8) is 0 Å². The monoisotopic (exact) mass is 383 g/mol. The number of hydrogen-bond acceptors (Lipinski definition) is 4. The molecule has 1 atom stereocenters. The van der Waals surface area contributed by atoms with Gasteiger partial charge in [0.2, 0.25) is 0 Å². The molecule has 1 saturated heterocycles. The Hall–Kier alpha value is -2.73. The van der Waals surface area contributed by atoms with Gasteiger partial charge in [-0.25, -0.2) is 4.98 Å². The van der Waals surface area contributed by atoms with Crippen LogP contribution in [0.2, 0.25) is 5.02 Å². The van der Waals surface area contributed by atoms with Crippen LogP contribution < -0.4 is 9.47 Å². The average molecular weight is 384 g/mol. The summed E-state index contributed by atoms with van der Waals surface area (Å²) in [4.78, 5) is 23.1. The molecular formula is C20H18ClN3O3. The van der Waals surface area contributed by atoms with E-state index in [2.05, 4.69) is 9.97 Å². The second-order valence-corrected chi connectivity index (χ2v) is 7.19. The molecule has 0 radical (unpaired) electrons. The lowest BCUT2D eigenvalue weighted by atomic mass is 10.1. The van der Waals surface area contributed by atoms with Gasteiger partial charge in [0.1, 0.15) is 19.0 Å². The first-order valence-electron chi connectivity index (χ1n) is 9.05. The number of hydrogen-bond donors (Lipinski definition) is 1. The standard InChI is InChI=1S/C20H18ClN3O3/c21-13-10-12(11-17-18(13)27-9-8-26-17)20(25)24-7-3-6-16(24)19-22-14-4-1-2-5-15(14)23-19/h1-2,4-5,10-11,16H,3,6-9H2,(H,22,23). The summed E-state index contributed by atoms with van der Waals surface area (Å²) >= 11 is 6.31. The fraction of sp³-hybridized carbons (Fsp3) is 0.300. The molecule has 0 bridgehead atoms. The van der Waals surface area contributed by atoms with Gasteiger partial charge in [-0.3, -0.25) is 4.79 Å². The van der Waals surface area contributed by atoms with E-state index in [9.17, 15) is 4.79 Å². The highest BCUT2D eigenvalue weighted by molar-refractivity contribution is 6.32. The summed E-state index contributed by atoms with van der Waals surface area (Å²) < 4.78 is 11.2. The number of carbonyl (C=O) groups is 1. The summed E-state index contributed by atoms with van der Waals surface area (Å²) in [5, 5.41) is 0.398. The molecule has 138 valence electrons. The van der Waals surface area contributed by atoms with Crippen molar-refractivity contribution in [1.29, 1.82) is 0 Å². The number of rotatable bonds is 2. The Kier molecular flexibility index (Phi) is 3.93. The molecule has 2 aliphatic heterocycles. The number of nitrogens with zero attached hydrogens (tertiary/aromatic N) is 2. The number of fused-ring (bicyclic) bond motifs is 2. The van der Waals surface area contributed by atoms with E-state index in [-0.39, 0.29) is 11.9 Å². The lowest BCUT2D eigenvalue weighted by Crippen LogP contribution is -2.31. The number of benzene rings is 2. The number of imidazole rings is 1. The van der Waals surface area contributed by atoms with Crippen LogP contribution in [0.4, 0.5) is 0 Å². The number of carbonyl (C=O) groups excluding carboxylic acids is 1. The molecule has 1 unspecified atom stereocenters. The van der Waals surface area contributed by atoms with E-state index in [1.165, 1.54) is 0 Å². The third kappa shape index (κ3) is 2.80. The van der Waals surface area contributed by atoms with Crippen molar-refractivity contribution in [3.05, 3.63) is 52.8 Å². The topological polar surface area (TPSA) is 67.5 Å². The Bertz CT molecular complexity index is 999. The van der Waals surface area contributed by atoms with Crippen molar-refractivity contribution in [1.82, 2.24) is 14.9 Å². The number of likely N-dealkylation sites (tertiary alicyclic amines) is 1. The van der Waals surface area contributed by atoms with Gasteiger partial charge < -0.3 is 19.4 Å². The molecule has 1 fully saturated rings. The fourth-order valence-electron chi connectivity index (χ4n) is 3.82. The lowest BCUT2D eigenvalue weighted by Gasteiger charge is -2.25. The number of halogens is 1. The summed E-state index contributed by atoms with van der Waals surface area (Å²) in [6.07, 6.45) is 1.82. The maximum Gasteiger partial charge on any atom is 0.254 e. The highest BCUT2D eigenvalue weighted by Gasteiger charge is 2.33. The number of aromatic amines is 1. The fourth-order valence-corrected chi connectivity index (χ4v) is 4.09. The second-order valence-electron chi connectivity index (χ2n) is 6.78. The van der Waals surface area contributed by atoms with Gasteiger partial charge in [-0.1, -0.05) is 23.7 Å². The van der Waals surface area contributed by atoms with Crippen LogP contribution in [0.15, 0.2) is 36.4 Å². The quantitative estimate of drug-likeness (QED) is 0.727. The largest absolute Gasteiger partial charge is 0.486 e. The van der Waals surface area contributed by atoms with E-state index >= 15 is 0 Å². The minimum atomic E-state index is -0.0724. The highest BCUT2D eigenvalue weighted by Crippen LogP contribution is 2.40. The van der Waals surface area contributed by atoms with Gasteiger partial charge in [0.15, 0.2) is 11.5 Å². The van der Waals surface area contributed by atoms with Crippen molar-refractivity contribution in [2.24, 2.45) is 0 Å². The highest BCUT2D eigenvalue weighted by atomic mass is 35.5. The molecule has 0 spiro atoms. The SMILES string of the molecule is O=C(c1cc(Cl)c2c(c1)OCCO2)N1CCCC1c1nc2ccccc2[nH]1. The van der Waals surface area contributed by atoms with Crippen molar-refractivity contribution in [2.75, 3.05) is 19.8 Å². The summed E-state index contributed by atoms with van der Waals surface area (Å²) in [6.45, 7) is 1.60. The minimum Gasteiger partial charge on any atom is -0.486 e. The predicted octanol–water partition coefficient (Wildman–Crippen LogP) is 3.96. The number of para-hydroxylation sites is 2. The van der Waals surface area contributed by atoms with Crippen LogP contribution in [-0.4, -0.2) is 40.5 Å². The molecule has 3 heterocycles. The summed E-state index contributed by atoms with van der Waals surface area (Å²) in [6, 6.07) is 11.2. The second kappa shape index (κ2) is 6.46. The third-order valence-corrected chi connectivity index (χ3v) is 5.36. The van der Waals surface area contributed by atoms with Gasteiger partial charge in [-0.05, 0) is 37.1 Å². The van der Waals surface area contributed by atoms with Crippen molar-refractivity contribution >= 4 is 28.5 Å². The van der Waals surface area contributed by atoms with Crippen LogP contribution in [0.5, 0.6) is 11.5 Å². The summed E-state index contributed by atoms with van der Waals surface area (Å²) in [5.41, 5.74) is 2.40. The van der Waals surface area contributed by atoms with Crippen LogP contribution >= 0.6 is 11.6 Å². The first-order valence-corrected chi connectivity index (χ1v) is 9.43. The molecule has 1 amide bonds. The van der Waals surface area contributed by atoms with E-state index in [1.807, 2.05) is 29.2 Å². The zero-order valence-corrected chi connectivity index (χ0v) is 15.3. The van der Waals surface area contributed by atoms with Crippen LogP contribution in [0.25, 0.3) is 11.0 Å². The Labute approximate surface area is 161 Å². The van der Waals surface area contributed by atoms with E-state index in [0.717, 1.165) is 29.7 Å². The Morgan fingerprint density at radius 1 is 1.22 bits per heavy atom. The molecule has 2 aromatic carbocycles. The van der Waals surface area contributed by atoms with E-state index in [0.29, 0.717) is 41.8 Å². The Morgan fingerprint density at radius 2 is 2.07 bits per heavy atom. The van der Waals surface area contributed by atoms with Crippen LogP contribution in [0.1, 0.15) is 35.1 Å². The molecule has 1 aromatic heterocycles. The predicted molar refractivity (Wildman–Crippen MR) is 102 cm³/mol. The van der Waals surface area contributed by atoms with E-state index in [4.69, 9.17) is 21.1 Å². The van der Waals surface area contributed by atoms with Gasteiger partial charge in [-0.2, -0.15) is 0 Å². The zero-order chi connectivity index (χ0) is 18.4. The first kappa shape index (κ1) is 16.4. The molecule has 1 N–H and O–H groups in total. The first-order chi connectivity index (χ1) is 13.2. The van der Waals surface area contributed by atoms with Crippen molar-refractivity contribution in [2.45, 2.75) is 18.9 Å². The zero-order valence-electron chi connectivity index (χ0n) is 14.6. The normalized spacial score (nSPS) is 18.9. The van der Waals surface area contributed by atoms with Crippen LogP contribution in [-0.2, 0) is 0 Å². The van der Waals surface area contributed by atoms with E-state index < -0.39 is 0 Å². The average Bonchev–Trinajstić information content (AvgIpc) is 3.34. The van der Waals surface area contributed by atoms with Crippen molar-refractivity contribution in [3.8, 4) is 11.5 Å². The number of aromatic nitrogens is 2. The molecule has 0 saturated carbocycles. The summed E-state index contributed by atoms with van der Waals surface area (Å²) in [5.74, 6) is 1.79. The molecule has 3 aromatic rings. The smallest absolute Gasteiger partial charge is 0.254 e. The third-order valence-electron chi connectivity index (χ3n) is 5.08. The lowest BCUT2D eigenvalue weighted by molar-refractivity contribution is 0.0729. The minimum absolute atomic E-state index is 0.0723. The summed E-state index contributed by atoms with van der Waals surface area (Å²) in [7, 11) is 0. The number of amides is 1. The Morgan fingerprint density at radius 3 is 2.96 bits per heavy atom. The van der Waals surface area contributed by atoms with Gasteiger partial charge in [0.25, 0.3) is 5.91 Å². The van der Waals surface area contributed by atoms with Gasteiger partial charge in [-0.15, -0.1) is 0 Å². The molecule has 7 heteroatoms. The molecular weight excluding hydrogens is 366 g/mol. The maximum absolute atomic E-state index is 13.2. The maximum atomic E-state index is 13.2. The number of nitrogens with one attached hydrogen (secondary N) is 1. The van der Waals surface area contributed by atoms with Gasteiger partial charge >= 0.3 is 0 Å². The van der Waals surface area contributed by atoms with Crippen molar-refractivity contribution < 1.29 is 14.3 Å². The van der Waals surface area contributed by atoms with Gasteiger partial charge in [0.05, 0.1) is 22.1 Å². The number of ether oxygens (including phenoxy) is 2. The van der Waals surface area contributed by atoms with Crippen LogP contribution in [0, 0.1) is 0 Å². The van der Waals surface area contributed by atoms with Crippen LogP contribution in [0.3, 0.4) is 0 Å². The molecule has 0 aliphatic carbocycles.